The molecule has 0 amide bonds. The Morgan fingerprint density at radius 3 is 2.55 bits per heavy atom. The smallest absolute Gasteiger partial charge is 0.332 e. The molecule has 0 aliphatic carbocycles. The SMILES string of the molecule is CCNc1nc2c(c(=O)n(C)c(=O)n2C)n1CC(O)COc1ccc(C)c(C)c1. The minimum absolute atomic E-state index is 0.0554. The van der Waals surface area contributed by atoms with Gasteiger partial charge in [-0.3, -0.25) is 13.9 Å². The number of hydrogen-bond donors (Lipinski definition) is 2. The lowest BCUT2D eigenvalue weighted by Gasteiger charge is -2.16. The lowest BCUT2D eigenvalue weighted by atomic mass is 10.1. The number of nitrogens with zero attached hydrogens (tertiary/aromatic N) is 4. The molecule has 0 saturated heterocycles. The van der Waals surface area contributed by atoms with Gasteiger partial charge in [-0.05, 0) is 44.0 Å². The van der Waals surface area contributed by atoms with Crippen molar-refractivity contribution >= 4 is 17.1 Å². The first kappa shape index (κ1) is 20.7. The van der Waals surface area contributed by atoms with Crippen LogP contribution >= 0.6 is 0 Å². The van der Waals surface area contributed by atoms with E-state index >= 15 is 0 Å². The van der Waals surface area contributed by atoms with Crippen molar-refractivity contribution in [3.8, 4) is 5.75 Å². The quantitative estimate of drug-likeness (QED) is 0.610. The highest BCUT2D eigenvalue weighted by Crippen LogP contribution is 2.18. The van der Waals surface area contributed by atoms with Gasteiger partial charge in [0.1, 0.15) is 18.5 Å². The molecule has 9 heteroatoms. The van der Waals surface area contributed by atoms with Gasteiger partial charge in [-0.2, -0.15) is 4.98 Å². The molecule has 3 aromatic rings. The molecule has 0 radical (unpaired) electrons. The molecule has 2 aromatic heterocycles. The third kappa shape index (κ3) is 3.91. The Labute approximate surface area is 168 Å². The Bertz CT molecular complexity index is 1160. The summed E-state index contributed by atoms with van der Waals surface area (Å²) >= 11 is 0. The Morgan fingerprint density at radius 2 is 1.90 bits per heavy atom. The molecule has 9 nitrogen and oxygen atoms in total. The molecule has 1 atom stereocenters. The van der Waals surface area contributed by atoms with Gasteiger partial charge in [0.25, 0.3) is 5.56 Å². The number of aryl methyl sites for hydroxylation is 3. The number of anilines is 1. The monoisotopic (exact) mass is 401 g/mol. The van der Waals surface area contributed by atoms with Crippen LogP contribution in [-0.4, -0.2) is 43.0 Å². The molecule has 0 spiro atoms. The summed E-state index contributed by atoms with van der Waals surface area (Å²) in [6.45, 7) is 6.65. The molecule has 1 unspecified atom stereocenters. The van der Waals surface area contributed by atoms with E-state index in [0.29, 0.717) is 18.2 Å². The van der Waals surface area contributed by atoms with Crippen LogP contribution in [0.1, 0.15) is 18.1 Å². The Balaban J connectivity index is 1.91. The number of nitrogens with one attached hydrogen (secondary N) is 1. The number of aromatic nitrogens is 4. The van der Waals surface area contributed by atoms with E-state index in [1.165, 1.54) is 17.2 Å². The lowest BCUT2D eigenvalue weighted by molar-refractivity contribution is 0.0938. The second-order valence-electron chi connectivity index (χ2n) is 7.17. The largest absolute Gasteiger partial charge is 0.491 e. The first-order chi connectivity index (χ1) is 13.7. The van der Waals surface area contributed by atoms with Gasteiger partial charge in [0.05, 0.1) is 6.54 Å². The van der Waals surface area contributed by atoms with Crippen molar-refractivity contribution in [1.82, 2.24) is 18.7 Å². The molecule has 0 bridgehead atoms. The third-order valence-electron chi connectivity index (χ3n) is 5.00. The van der Waals surface area contributed by atoms with Crippen LogP contribution in [0.3, 0.4) is 0 Å². The Morgan fingerprint density at radius 1 is 1.17 bits per heavy atom. The predicted molar refractivity (Wildman–Crippen MR) is 112 cm³/mol. The molecule has 0 aliphatic heterocycles. The molecule has 2 heterocycles. The number of imidazole rings is 1. The summed E-state index contributed by atoms with van der Waals surface area (Å²) in [4.78, 5) is 29.3. The van der Waals surface area contributed by atoms with E-state index in [-0.39, 0.29) is 24.3 Å². The van der Waals surface area contributed by atoms with E-state index in [2.05, 4.69) is 10.3 Å². The van der Waals surface area contributed by atoms with Crippen molar-refractivity contribution in [2.45, 2.75) is 33.4 Å². The van der Waals surface area contributed by atoms with Gasteiger partial charge in [0, 0.05) is 20.6 Å². The van der Waals surface area contributed by atoms with Gasteiger partial charge >= 0.3 is 5.69 Å². The molecule has 0 fully saturated rings. The Kier molecular flexibility index (Phi) is 5.78. The number of hydrogen-bond acceptors (Lipinski definition) is 6. The molecular weight excluding hydrogens is 374 g/mol. The van der Waals surface area contributed by atoms with Gasteiger partial charge in [-0.15, -0.1) is 0 Å². The van der Waals surface area contributed by atoms with Crippen molar-refractivity contribution in [3.05, 3.63) is 50.2 Å². The average molecular weight is 401 g/mol. The molecule has 1 aromatic carbocycles. The molecule has 156 valence electrons. The molecule has 2 N–H and O–H groups in total. The fraction of sp³-hybridized carbons (Fsp3) is 0.450. The molecule has 29 heavy (non-hydrogen) atoms. The summed E-state index contributed by atoms with van der Waals surface area (Å²) in [6.07, 6.45) is -0.881. The van der Waals surface area contributed by atoms with Crippen LogP contribution in [0, 0.1) is 13.8 Å². The zero-order chi connectivity index (χ0) is 21.3. The molecule has 0 aliphatic rings. The van der Waals surface area contributed by atoms with Crippen LogP contribution in [0.4, 0.5) is 5.95 Å². The summed E-state index contributed by atoms with van der Waals surface area (Å²) in [6, 6.07) is 5.75. The molecular formula is C20H27N5O4. The van der Waals surface area contributed by atoms with Crippen LogP contribution in [-0.2, 0) is 20.6 Å². The maximum Gasteiger partial charge on any atom is 0.332 e. The van der Waals surface area contributed by atoms with E-state index in [4.69, 9.17) is 4.74 Å². The van der Waals surface area contributed by atoms with Gasteiger partial charge < -0.3 is 19.7 Å². The van der Waals surface area contributed by atoms with Crippen LogP contribution in [0.25, 0.3) is 11.2 Å². The average Bonchev–Trinajstić information content (AvgIpc) is 3.04. The zero-order valence-corrected chi connectivity index (χ0v) is 17.4. The Hall–Kier alpha value is -3.07. The molecule has 0 saturated carbocycles. The van der Waals surface area contributed by atoms with Crippen LogP contribution in [0.5, 0.6) is 5.75 Å². The van der Waals surface area contributed by atoms with Crippen LogP contribution in [0.15, 0.2) is 27.8 Å². The highest BCUT2D eigenvalue weighted by molar-refractivity contribution is 5.74. The minimum Gasteiger partial charge on any atom is -0.491 e. The van der Waals surface area contributed by atoms with Gasteiger partial charge in [0.2, 0.25) is 5.95 Å². The third-order valence-corrected chi connectivity index (χ3v) is 5.00. The number of rotatable bonds is 7. The predicted octanol–water partition coefficient (Wildman–Crippen LogP) is 0.922. The topological polar surface area (TPSA) is 103 Å². The first-order valence-electron chi connectivity index (χ1n) is 9.52. The highest BCUT2D eigenvalue weighted by Gasteiger charge is 2.21. The van der Waals surface area contributed by atoms with Crippen LogP contribution in [0.2, 0.25) is 0 Å². The normalized spacial score (nSPS) is 12.3. The van der Waals surface area contributed by atoms with E-state index in [1.807, 2.05) is 39.0 Å². The summed E-state index contributed by atoms with van der Waals surface area (Å²) in [5, 5.41) is 13.7. The summed E-state index contributed by atoms with van der Waals surface area (Å²) < 4.78 is 9.69. The van der Waals surface area contributed by atoms with Crippen molar-refractivity contribution in [3.63, 3.8) is 0 Å². The number of aliphatic hydroxyl groups excluding tert-OH is 1. The van der Waals surface area contributed by atoms with Gasteiger partial charge in [-0.1, -0.05) is 6.07 Å². The minimum atomic E-state index is -0.881. The zero-order valence-electron chi connectivity index (χ0n) is 17.4. The van der Waals surface area contributed by atoms with E-state index in [9.17, 15) is 14.7 Å². The fourth-order valence-corrected chi connectivity index (χ4v) is 3.18. The number of benzene rings is 1. The lowest BCUT2D eigenvalue weighted by Crippen LogP contribution is -2.38. The van der Waals surface area contributed by atoms with Crippen molar-refractivity contribution in [2.75, 3.05) is 18.5 Å². The fourth-order valence-electron chi connectivity index (χ4n) is 3.18. The van der Waals surface area contributed by atoms with Gasteiger partial charge in [0.15, 0.2) is 11.2 Å². The standard InChI is InChI=1S/C20H27N5O4/c1-6-21-19-22-17-16(18(27)24(5)20(28)23(17)4)25(19)10-14(26)11-29-15-8-7-12(2)13(3)9-15/h7-9,14,26H,6,10-11H2,1-5H3,(H,21,22). The van der Waals surface area contributed by atoms with E-state index in [1.54, 1.807) is 11.6 Å². The van der Waals surface area contributed by atoms with Crippen molar-refractivity contribution in [1.29, 1.82) is 0 Å². The summed E-state index contributed by atoms with van der Waals surface area (Å²) in [7, 11) is 2.99. The van der Waals surface area contributed by atoms with Crippen molar-refractivity contribution in [2.24, 2.45) is 14.1 Å². The number of fused-ring (bicyclic) bond motifs is 1. The highest BCUT2D eigenvalue weighted by atomic mass is 16.5. The summed E-state index contributed by atoms with van der Waals surface area (Å²) in [5.74, 6) is 1.10. The number of ether oxygens (including phenoxy) is 1. The van der Waals surface area contributed by atoms with Crippen LogP contribution < -0.4 is 21.3 Å². The molecule has 3 rings (SSSR count). The maximum atomic E-state index is 12.7. The van der Waals surface area contributed by atoms with Gasteiger partial charge in [-0.25, -0.2) is 4.79 Å². The van der Waals surface area contributed by atoms with E-state index in [0.717, 1.165) is 10.1 Å². The number of aliphatic hydroxyl groups is 1. The maximum absolute atomic E-state index is 12.7. The second kappa shape index (κ2) is 8.12. The van der Waals surface area contributed by atoms with Crippen molar-refractivity contribution < 1.29 is 9.84 Å². The first-order valence-corrected chi connectivity index (χ1v) is 9.52. The second-order valence-corrected chi connectivity index (χ2v) is 7.17. The summed E-state index contributed by atoms with van der Waals surface area (Å²) in [5.41, 5.74) is 1.90. The van der Waals surface area contributed by atoms with E-state index < -0.39 is 17.4 Å².